The third-order valence-electron chi connectivity index (χ3n) is 4.06. The summed E-state index contributed by atoms with van der Waals surface area (Å²) in [5, 5.41) is 12.3. The molecule has 0 unspecified atom stereocenters. The summed E-state index contributed by atoms with van der Waals surface area (Å²) in [6, 6.07) is 10.7. The average Bonchev–Trinajstić information content (AvgIpc) is 3.06. The Labute approximate surface area is 146 Å². The highest BCUT2D eigenvalue weighted by molar-refractivity contribution is 5.96. The molecule has 134 valence electrons. The van der Waals surface area contributed by atoms with Gasteiger partial charge in [-0.1, -0.05) is 18.2 Å². The van der Waals surface area contributed by atoms with E-state index in [1.165, 1.54) is 7.11 Å². The lowest BCUT2D eigenvalue weighted by molar-refractivity contribution is -0.147. The van der Waals surface area contributed by atoms with Gasteiger partial charge in [-0.2, -0.15) is 0 Å². The van der Waals surface area contributed by atoms with E-state index in [1.807, 2.05) is 12.1 Å². The molecule has 0 bridgehead atoms. The van der Waals surface area contributed by atoms with Crippen LogP contribution >= 0.6 is 0 Å². The predicted molar refractivity (Wildman–Crippen MR) is 93.2 cm³/mol. The van der Waals surface area contributed by atoms with Crippen molar-refractivity contribution < 1.29 is 23.8 Å². The van der Waals surface area contributed by atoms with Gasteiger partial charge in [0.15, 0.2) is 0 Å². The predicted octanol–water partition coefficient (Wildman–Crippen LogP) is 3.32. The van der Waals surface area contributed by atoms with E-state index < -0.39 is 17.4 Å². The van der Waals surface area contributed by atoms with Crippen molar-refractivity contribution in [2.45, 2.75) is 26.8 Å². The van der Waals surface area contributed by atoms with E-state index in [4.69, 9.17) is 14.3 Å². The van der Waals surface area contributed by atoms with E-state index in [9.17, 15) is 9.59 Å². The van der Waals surface area contributed by atoms with Crippen molar-refractivity contribution in [3.05, 3.63) is 47.7 Å². The van der Waals surface area contributed by atoms with Crippen molar-refractivity contribution in [1.82, 2.24) is 5.32 Å². The molecule has 2 aromatic rings. The number of carbonyl (C=O) groups excluding carboxylic acids is 1. The summed E-state index contributed by atoms with van der Waals surface area (Å²) >= 11 is 0. The Kier molecular flexibility index (Phi) is 5.98. The highest BCUT2D eigenvalue weighted by atomic mass is 16.5. The first-order valence-electron chi connectivity index (χ1n) is 8.05. The molecule has 2 N–H and O–H groups in total. The van der Waals surface area contributed by atoms with Gasteiger partial charge in [0.05, 0.1) is 24.6 Å². The zero-order chi connectivity index (χ0) is 18.4. The summed E-state index contributed by atoms with van der Waals surface area (Å²) in [7, 11) is 1.34. The fourth-order valence-corrected chi connectivity index (χ4v) is 2.32. The number of methoxy groups -OCH3 is 1. The van der Waals surface area contributed by atoms with Gasteiger partial charge in [0.1, 0.15) is 11.5 Å². The Bertz CT molecular complexity index is 748. The first kappa shape index (κ1) is 18.7. The van der Waals surface area contributed by atoms with Crippen LogP contribution in [-0.2, 0) is 16.1 Å². The number of rotatable bonds is 8. The second-order valence-electron chi connectivity index (χ2n) is 6.42. The molecular weight excluding hydrogens is 322 g/mol. The van der Waals surface area contributed by atoms with Crippen molar-refractivity contribution in [1.29, 1.82) is 0 Å². The minimum atomic E-state index is -0.811. The monoisotopic (exact) mass is 345 g/mol. The highest BCUT2D eigenvalue weighted by Gasteiger charge is 2.26. The highest BCUT2D eigenvalue weighted by Crippen LogP contribution is 2.26. The number of aliphatic carboxylic acids is 1. The second-order valence-corrected chi connectivity index (χ2v) is 6.42. The van der Waals surface area contributed by atoms with Crippen molar-refractivity contribution in [2.75, 3.05) is 13.7 Å². The Balaban J connectivity index is 2.00. The van der Waals surface area contributed by atoms with E-state index in [2.05, 4.69) is 5.32 Å². The summed E-state index contributed by atoms with van der Waals surface area (Å²) in [5.74, 6) is 0.0723. The van der Waals surface area contributed by atoms with Crippen molar-refractivity contribution >= 4 is 11.9 Å². The number of hydrogen-bond donors (Lipinski definition) is 2. The maximum atomic E-state index is 11.9. The number of carbonyl (C=O) groups is 2. The molecule has 0 atom stereocenters. The topological polar surface area (TPSA) is 88.8 Å². The Hall–Kier alpha value is -2.60. The first-order chi connectivity index (χ1) is 11.8. The third kappa shape index (κ3) is 4.70. The molecule has 0 saturated carbocycles. The fourth-order valence-electron chi connectivity index (χ4n) is 2.32. The normalized spacial score (nSPS) is 11.3. The van der Waals surface area contributed by atoms with Crippen LogP contribution in [0.25, 0.3) is 11.3 Å². The van der Waals surface area contributed by atoms with Crippen LogP contribution in [0.5, 0.6) is 0 Å². The lowest BCUT2D eigenvalue weighted by Gasteiger charge is -2.18. The molecule has 0 saturated heterocycles. The smallest absolute Gasteiger partial charge is 0.338 e. The zero-order valence-electron chi connectivity index (χ0n) is 14.7. The number of furan rings is 1. The van der Waals surface area contributed by atoms with Crippen LogP contribution in [0.1, 0.15) is 36.4 Å². The van der Waals surface area contributed by atoms with E-state index >= 15 is 0 Å². The first-order valence-corrected chi connectivity index (χ1v) is 8.05. The van der Waals surface area contributed by atoms with Crippen LogP contribution in [0.3, 0.4) is 0 Å². The maximum absolute atomic E-state index is 11.9. The van der Waals surface area contributed by atoms with Crippen molar-refractivity contribution in [3.63, 3.8) is 0 Å². The quantitative estimate of drug-likeness (QED) is 0.563. The van der Waals surface area contributed by atoms with Crippen molar-refractivity contribution in [2.24, 2.45) is 5.41 Å². The molecule has 0 aliphatic rings. The number of ether oxygens (including phenoxy) is 1. The molecule has 0 fully saturated rings. The van der Waals surface area contributed by atoms with E-state index in [-0.39, 0.29) is 0 Å². The number of esters is 1. The largest absolute Gasteiger partial charge is 0.481 e. The molecule has 0 amide bonds. The number of carboxylic acid groups (broad SMARTS) is 1. The molecule has 1 aromatic heterocycles. The molecular formula is C19H23NO5. The van der Waals surface area contributed by atoms with E-state index in [1.54, 1.807) is 38.1 Å². The summed E-state index contributed by atoms with van der Waals surface area (Å²) < 4.78 is 10.6. The molecule has 2 rings (SSSR count). The van der Waals surface area contributed by atoms with Crippen LogP contribution < -0.4 is 5.32 Å². The lowest BCUT2D eigenvalue weighted by Crippen LogP contribution is -2.28. The number of carboxylic acids is 1. The molecule has 25 heavy (non-hydrogen) atoms. The zero-order valence-corrected chi connectivity index (χ0v) is 14.7. The SMILES string of the molecule is COC(=O)c1ccccc1-c1ccc(CNCCC(C)(C)C(=O)O)o1. The fraction of sp³-hybridized carbons (Fsp3) is 0.368. The minimum absolute atomic E-state index is 0.414. The van der Waals surface area contributed by atoms with Crippen LogP contribution in [0.15, 0.2) is 40.8 Å². The van der Waals surface area contributed by atoms with Crippen LogP contribution in [-0.4, -0.2) is 30.7 Å². The molecule has 0 radical (unpaired) electrons. The summed E-state index contributed by atoms with van der Waals surface area (Å²) in [6.45, 7) is 4.45. The van der Waals surface area contributed by atoms with Crippen molar-refractivity contribution in [3.8, 4) is 11.3 Å². The average molecular weight is 345 g/mol. The van der Waals surface area contributed by atoms with Gasteiger partial charge in [-0.25, -0.2) is 4.79 Å². The summed E-state index contributed by atoms with van der Waals surface area (Å²) in [5.41, 5.74) is 0.357. The van der Waals surface area contributed by atoms with Gasteiger partial charge in [-0.05, 0) is 45.0 Å². The van der Waals surface area contributed by atoms with Gasteiger partial charge >= 0.3 is 11.9 Å². The molecule has 0 aliphatic heterocycles. The number of nitrogens with one attached hydrogen (secondary N) is 1. The molecule has 0 aliphatic carbocycles. The lowest BCUT2D eigenvalue weighted by atomic mass is 9.90. The summed E-state index contributed by atoms with van der Waals surface area (Å²) in [6.07, 6.45) is 0.515. The Morgan fingerprint density at radius 1 is 1.20 bits per heavy atom. The molecule has 6 heteroatoms. The van der Waals surface area contributed by atoms with Gasteiger partial charge in [-0.3, -0.25) is 4.79 Å². The summed E-state index contributed by atoms with van der Waals surface area (Å²) in [4.78, 5) is 22.9. The van der Waals surface area contributed by atoms with Gasteiger partial charge in [0.25, 0.3) is 0 Å². The standard InChI is InChI=1S/C19H23NO5/c1-19(2,18(22)23)10-11-20-12-13-8-9-16(25-13)14-6-4-5-7-15(14)17(21)24-3/h4-9,20H,10-12H2,1-3H3,(H,22,23). The molecule has 1 aromatic carbocycles. The second kappa shape index (κ2) is 7.98. The Morgan fingerprint density at radius 3 is 2.60 bits per heavy atom. The Morgan fingerprint density at radius 2 is 1.92 bits per heavy atom. The van der Waals surface area contributed by atoms with E-state index in [0.717, 1.165) is 0 Å². The van der Waals surface area contributed by atoms with Crippen LogP contribution in [0.4, 0.5) is 0 Å². The minimum Gasteiger partial charge on any atom is -0.481 e. The molecule has 1 heterocycles. The van der Waals surface area contributed by atoms with Gasteiger partial charge in [-0.15, -0.1) is 0 Å². The van der Waals surface area contributed by atoms with Gasteiger partial charge in [0.2, 0.25) is 0 Å². The van der Waals surface area contributed by atoms with Crippen LogP contribution in [0, 0.1) is 5.41 Å². The van der Waals surface area contributed by atoms with Gasteiger partial charge in [0, 0.05) is 5.56 Å². The maximum Gasteiger partial charge on any atom is 0.338 e. The molecule has 6 nitrogen and oxygen atoms in total. The van der Waals surface area contributed by atoms with E-state index in [0.29, 0.717) is 42.2 Å². The van der Waals surface area contributed by atoms with Crippen LogP contribution in [0.2, 0.25) is 0 Å². The third-order valence-corrected chi connectivity index (χ3v) is 4.06. The van der Waals surface area contributed by atoms with Gasteiger partial charge < -0.3 is 19.6 Å². The number of benzene rings is 1. The molecule has 0 spiro atoms. The number of hydrogen-bond acceptors (Lipinski definition) is 5.